The largest absolute Gasteiger partial charge is 0.339 e. The molecule has 2 aliphatic heterocycles. The molecule has 0 aromatic carbocycles. The number of hydrogen-bond donors (Lipinski definition) is 0. The summed E-state index contributed by atoms with van der Waals surface area (Å²) in [6.07, 6.45) is 0. The fourth-order valence-electron chi connectivity index (χ4n) is 2.52. The third kappa shape index (κ3) is 3.54. The van der Waals surface area contributed by atoms with Crippen LogP contribution in [0.15, 0.2) is 21.7 Å². The van der Waals surface area contributed by atoms with E-state index in [9.17, 15) is 18.0 Å². The van der Waals surface area contributed by atoms with E-state index in [4.69, 9.17) is 0 Å². The quantitative estimate of drug-likeness (QED) is 0.747. The molecule has 0 atom stereocenters. The predicted molar refractivity (Wildman–Crippen MR) is 88.7 cm³/mol. The van der Waals surface area contributed by atoms with E-state index in [1.165, 1.54) is 27.4 Å². The van der Waals surface area contributed by atoms with E-state index >= 15 is 0 Å². The summed E-state index contributed by atoms with van der Waals surface area (Å²) in [7, 11) is -3.45. The molecule has 3 rings (SSSR count). The van der Waals surface area contributed by atoms with E-state index in [0.29, 0.717) is 28.9 Å². The molecule has 10 heteroatoms. The summed E-state index contributed by atoms with van der Waals surface area (Å²) in [5, 5.41) is 1.73. The molecule has 2 fully saturated rings. The van der Waals surface area contributed by atoms with Crippen LogP contribution in [0.25, 0.3) is 0 Å². The Morgan fingerprint density at radius 2 is 1.96 bits per heavy atom. The Morgan fingerprint density at radius 1 is 1.22 bits per heavy atom. The van der Waals surface area contributed by atoms with Gasteiger partial charge in [-0.05, 0) is 11.4 Å². The highest BCUT2D eigenvalue weighted by molar-refractivity contribution is 8.00. The lowest BCUT2D eigenvalue weighted by Gasteiger charge is -2.34. The molecule has 1 aromatic rings. The van der Waals surface area contributed by atoms with Crippen molar-refractivity contribution >= 4 is 44.9 Å². The van der Waals surface area contributed by atoms with Crippen molar-refractivity contribution in [2.24, 2.45) is 0 Å². The molecule has 2 amide bonds. The molecule has 0 unspecified atom stereocenters. The van der Waals surface area contributed by atoms with Gasteiger partial charge in [-0.1, -0.05) is 6.07 Å². The molecule has 0 radical (unpaired) electrons. The van der Waals surface area contributed by atoms with Crippen LogP contribution in [-0.4, -0.2) is 78.7 Å². The lowest BCUT2D eigenvalue weighted by atomic mass is 10.3. The molecular formula is C13H17N3O4S3. The molecule has 0 N–H and O–H groups in total. The molecule has 7 nitrogen and oxygen atoms in total. The van der Waals surface area contributed by atoms with E-state index < -0.39 is 10.0 Å². The second-order valence-electron chi connectivity index (χ2n) is 5.29. The van der Waals surface area contributed by atoms with Crippen LogP contribution in [0.5, 0.6) is 0 Å². The van der Waals surface area contributed by atoms with Gasteiger partial charge in [0.25, 0.3) is 10.0 Å². The first-order chi connectivity index (χ1) is 11.0. The van der Waals surface area contributed by atoms with Gasteiger partial charge in [-0.3, -0.25) is 9.59 Å². The monoisotopic (exact) mass is 375 g/mol. The van der Waals surface area contributed by atoms with Crippen LogP contribution in [0.3, 0.4) is 0 Å². The van der Waals surface area contributed by atoms with Crippen LogP contribution in [0, 0.1) is 0 Å². The molecule has 2 aliphatic rings. The second-order valence-corrected chi connectivity index (χ2v) is 9.35. The lowest BCUT2D eigenvalue weighted by Crippen LogP contribution is -2.52. The molecule has 126 valence electrons. The van der Waals surface area contributed by atoms with Gasteiger partial charge in [0, 0.05) is 26.2 Å². The molecule has 0 bridgehead atoms. The van der Waals surface area contributed by atoms with Crippen LogP contribution >= 0.6 is 23.1 Å². The Kier molecular flexibility index (Phi) is 4.95. The fraction of sp³-hybridized carbons (Fsp3) is 0.538. The van der Waals surface area contributed by atoms with Crippen molar-refractivity contribution in [3.63, 3.8) is 0 Å². The molecule has 0 saturated carbocycles. The first-order valence-corrected chi connectivity index (χ1v) is 10.6. The van der Waals surface area contributed by atoms with Crippen molar-refractivity contribution in [2.45, 2.75) is 4.21 Å². The smallest absolute Gasteiger partial charge is 0.252 e. The van der Waals surface area contributed by atoms with Crippen LogP contribution < -0.4 is 0 Å². The minimum absolute atomic E-state index is 0.0118. The summed E-state index contributed by atoms with van der Waals surface area (Å²) in [6, 6.07) is 3.30. The number of thiophene rings is 1. The molecule has 0 aliphatic carbocycles. The Labute approximate surface area is 143 Å². The van der Waals surface area contributed by atoms with E-state index in [-0.39, 0.29) is 31.4 Å². The molecular weight excluding hydrogens is 358 g/mol. The highest BCUT2D eigenvalue weighted by atomic mass is 32.2. The summed E-state index contributed by atoms with van der Waals surface area (Å²) in [5.74, 6) is 0.855. The number of amides is 2. The van der Waals surface area contributed by atoms with Gasteiger partial charge in [-0.15, -0.1) is 23.1 Å². The van der Waals surface area contributed by atoms with Crippen LogP contribution in [-0.2, 0) is 19.6 Å². The minimum Gasteiger partial charge on any atom is -0.339 e. The van der Waals surface area contributed by atoms with Crippen molar-refractivity contribution < 1.29 is 18.0 Å². The molecule has 23 heavy (non-hydrogen) atoms. The van der Waals surface area contributed by atoms with Gasteiger partial charge in [-0.2, -0.15) is 4.31 Å². The van der Waals surface area contributed by atoms with Crippen LogP contribution in [0.4, 0.5) is 0 Å². The van der Waals surface area contributed by atoms with Gasteiger partial charge in [0.15, 0.2) is 0 Å². The number of carbonyl (C=O) groups is 2. The Balaban J connectivity index is 1.56. The SMILES string of the molecule is O=C(CN1CSCC1=O)N1CCN(S(=O)(=O)c2cccs2)CC1. The van der Waals surface area contributed by atoms with E-state index in [1.807, 2.05) is 0 Å². The first kappa shape index (κ1) is 16.7. The number of rotatable bonds is 4. The van der Waals surface area contributed by atoms with Crippen molar-refractivity contribution in [3.05, 3.63) is 17.5 Å². The number of hydrogen-bond acceptors (Lipinski definition) is 6. The van der Waals surface area contributed by atoms with Crippen molar-refractivity contribution in [1.29, 1.82) is 0 Å². The zero-order valence-electron chi connectivity index (χ0n) is 12.4. The van der Waals surface area contributed by atoms with Gasteiger partial charge >= 0.3 is 0 Å². The Morgan fingerprint density at radius 3 is 2.52 bits per heavy atom. The van der Waals surface area contributed by atoms with Crippen molar-refractivity contribution in [1.82, 2.24) is 14.1 Å². The summed E-state index contributed by atoms with van der Waals surface area (Å²) in [4.78, 5) is 27.0. The average molecular weight is 375 g/mol. The number of sulfonamides is 1. The minimum atomic E-state index is -3.45. The molecule has 3 heterocycles. The third-order valence-electron chi connectivity index (χ3n) is 3.83. The molecule has 2 saturated heterocycles. The maximum Gasteiger partial charge on any atom is 0.252 e. The highest BCUT2D eigenvalue weighted by Gasteiger charge is 2.32. The van der Waals surface area contributed by atoms with Gasteiger partial charge in [0.2, 0.25) is 11.8 Å². The van der Waals surface area contributed by atoms with Gasteiger partial charge in [0.05, 0.1) is 11.6 Å². The van der Waals surface area contributed by atoms with Gasteiger partial charge in [0.1, 0.15) is 10.8 Å². The number of nitrogens with zero attached hydrogens (tertiary/aromatic N) is 3. The van der Waals surface area contributed by atoms with Crippen LogP contribution in [0.1, 0.15) is 0 Å². The second kappa shape index (κ2) is 6.80. The van der Waals surface area contributed by atoms with E-state index in [2.05, 4.69) is 0 Å². The molecule has 1 aromatic heterocycles. The highest BCUT2D eigenvalue weighted by Crippen LogP contribution is 2.22. The maximum absolute atomic E-state index is 12.4. The van der Waals surface area contributed by atoms with Gasteiger partial charge < -0.3 is 9.80 Å². The zero-order chi connectivity index (χ0) is 16.4. The summed E-state index contributed by atoms with van der Waals surface area (Å²) in [5.41, 5.74) is 0. The zero-order valence-corrected chi connectivity index (χ0v) is 14.8. The summed E-state index contributed by atoms with van der Waals surface area (Å²) < 4.78 is 26.6. The number of carbonyl (C=O) groups excluding carboxylic acids is 2. The topological polar surface area (TPSA) is 78.0 Å². The van der Waals surface area contributed by atoms with E-state index in [1.54, 1.807) is 27.3 Å². The standard InChI is InChI=1S/C13H17N3O4S3/c17-11(8-15-10-21-9-12(15)18)14-3-5-16(6-4-14)23(19,20)13-2-1-7-22-13/h1-2,7H,3-6,8-10H2. The van der Waals surface area contributed by atoms with Gasteiger partial charge in [-0.25, -0.2) is 8.42 Å². The number of piperazine rings is 1. The fourth-order valence-corrected chi connectivity index (χ4v) is 5.99. The summed E-state index contributed by atoms with van der Waals surface area (Å²) >= 11 is 2.70. The normalized spacial score (nSPS) is 20.3. The van der Waals surface area contributed by atoms with E-state index in [0.717, 1.165) is 0 Å². The first-order valence-electron chi connectivity index (χ1n) is 7.15. The van der Waals surface area contributed by atoms with Crippen molar-refractivity contribution in [3.8, 4) is 0 Å². The Bertz CT molecular complexity index is 681. The molecule has 0 spiro atoms. The lowest BCUT2D eigenvalue weighted by molar-refractivity contribution is -0.138. The summed E-state index contributed by atoms with van der Waals surface area (Å²) in [6.45, 7) is 1.38. The predicted octanol–water partition coefficient (Wildman–Crippen LogP) is 0.114. The number of thioether (sulfide) groups is 1. The maximum atomic E-state index is 12.4. The average Bonchev–Trinajstić information content (AvgIpc) is 3.20. The van der Waals surface area contributed by atoms with Crippen LogP contribution in [0.2, 0.25) is 0 Å². The van der Waals surface area contributed by atoms with Crippen molar-refractivity contribution in [2.75, 3.05) is 44.4 Å². The third-order valence-corrected chi connectivity index (χ3v) is 8.05. The Hall–Kier alpha value is -1.10.